The highest BCUT2D eigenvalue weighted by Crippen LogP contribution is 2.13. The van der Waals surface area contributed by atoms with Crippen molar-refractivity contribution in [1.29, 1.82) is 0 Å². The molecule has 216 valence electrons. The van der Waals surface area contributed by atoms with Gasteiger partial charge in [-0.15, -0.1) is 0 Å². The van der Waals surface area contributed by atoms with E-state index in [1.54, 1.807) is 12.1 Å². The third kappa shape index (κ3) is 10.2. The fourth-order valence-electron chi connectivity index (χ4n) is 3.60. The molecule has 0 aliphatic heterocycles. The van der Waals surface area contributed by atoms with Gasteiger partial charge in [-0.05, 0) is 48.2 Å². The van der Waals surface area contributed by atoms with Gasteiger partial charge in [-0.2, -0.15) is 0 Å². The molecule has 2 rings (SSSR count). The van der Waals surface area contributed by atoms with E-state index in [4.69, 9.17) is 15.9 Å². The van der Waals surface area contributed by atoms with E-state index in [0.29, 0.717) is 11.1 Å². The molecule has 3 amide bonds. The zero-order valence-corrected chi connectivity index (χ0v) is 21.3. The number of aliphatic carboxylic acids is 2. The number of aromatic hydroxyl groups is 2. The highest BCUT2D eigenvalue weighted by Gasteiger charge is 2.30. The number of carbonyl (C=O) groups excluding carboxylic acids is 3. The number of phenols is 2. The molecule has 2 aromatic carbocycles. The number of carbonyl (C=O) groups is 5. The van der Waals surface area contributed by atoms with E-state index in [1.165, 1.54) is 36.4 Å². The summed E-state index contributed by atoms with van der Waals surface area (Å²) in [6, 6.07) is 5.93. The lowest BCUT2D eigenvalue weighted by Crippen LogP contribution is -2.58. The lowest BCUT2D eigenvalue weighted by Gasteiger charge is -2.25. The largest absolute Gasteiger partial charge is 0.508 e. The molecule has 0 aromatic heterocycles. The Morgan fingerprint density at radius 3 is 1.60 bits per heavy atom. The molecule has 2 aromatic rings. The maximum atomic E-state index is 13.2. The summed E-state index contributed by atoms with van der Waals surface area (Å²) in [5, 5.41) is 53.4. The second kappa shape index (κ2) is 15.0. The Morgan fingerprint density at radius 2 is 1.12 bits per heavy atom. The molecule has 0 fully saturated rings. The minimum absolute atomic E-state index is 0.0201. The normalized spacial score (nSPS) is 13.8. The summed E-state index contributed by atoms with van der Waals surface area (Å²) < 4.78 is 0. The highest BCUT2D eigenvalue weighted by molar-refractivity contribution is 5.94. The number of carboxylic acids is 2. The smallest absolute Gasteiger partial charge is 0.328 e. The number of rotatable bonds is 15. The van der Waals surface area contributed by atoms with Crippen molar-refractivity contribution in [1.82, 2.24) is 16.0 Å². The highest BCUT2D eigenvalue weighted by atomic mass is 16.4. The van der Waals surface area contributed by atoms with Gasteiger partial charge < -0.3 is 47.2 Å². The predicted octanol–water partition coefficient (Wildman–Crippen LogP) is -1.39. The van der Waals surface area contributed by atoms with Crippen LogP contribution in [0.2, 0.25) is 0 Å². The van der Waals surface area contributed by atoms with Gasteiger partial charge in [0.2, 0.25) is 17.7 Å². The Bertz CT molecular complexity index is 1190. The molecule has 0 unspecified atom stereocenters. The van der Waals surface area contributed by atoms with Crippen molar-refractivity contribution >= 4 is 29.7 Å². The SMILES string of the molecule is N[C@@H](Cc1ccc(O)cc1)C(=O)N[C@@H](CCC(=O)O)C(=O)N[C@@H](Cc1ccc(O)cc1)C(=O)N[C@@H](CO)C(=O)O. The predicted molar refractivity (Wildman–Crippen MR) is 139 cm³/mol. The molecule has 0 heterocycles. The summed E-state index contributed by atoms with van der Waals surface area (Å²) in [7, 11) is 0. The zero-order valence-electron chi connectivity index (χ0n) is 21.3. The lowest BCUT2D eigenvalue weighted by atomic mass is 10.0. The number of nitrogens with two attached hydrogens (primary N) is 1. The molecule has 0 radical (unpaired) electrons. The van der Waals surface area contributed by atoms with Crippen molar-refractivity contribution in [2.75, 3.05) is 6.61 Å². The molecule has 0 spiro atoms. The summed E-state index contributed by atoms with van der Waals surface area (Å²) in [6.07, 6.45) is -0.981. The van der Waals surface area contributed by atoms with Crippen molar-refractivity contribution in [3.8, 4) is 11.5 Å². The fraction of sp³-hybridized carbons (Fsp3) is 0.346. The summed E-state index contributed by atoms with van der Waals surface area (Å²) in [5.74, 6) is -5.46. The van der Waals surface area contributed by atoms with Crippen LogP contribution >= 0.6 is 0 Å². The molecule has 4 atom stereocenters. The number of carboxylic acid groups (broad SMARTS) is 2. The number of hydrogen-bond acceptors (Lipinski definition) is 9. The number of aliphatic hydroxyl groups is 1. The summed E-state index contributed by atoms with van der Waals surface area (Å²) >= 11 is 0. The molecule has 0 aliphatic carbocycles. The van der Waals surface area contributed by atoms with Crippen molar-refractivity contribution in [3.05, 3.63) is 59.7 Å². The van der Waals surface area contributed by atoms with Crippen LogP contribution < -0.4 is 21.7 Å². The molecule has 14 heteroatoms. The van der Waals surface area contributed by atoms with Crippen LogP contribution in [0.3, 0.4) is 0 Å². The summed E-state index contributed by atoms with van der Waals surface area (Å²) in [6.45, 7) is -0.919. The maximum absolute atomic E-state index is 13.2. The van der Waals surface area contributed by atoms with Crippen LogP contribution in [0.15, 0.2) is 48.5 Å². The summed E-state index contributed by atoms with van der Waals surface area (Å²) in [4.78, 5) is 61.3. The number of benzene rings is 2. The Morgan fingerprint density at radius 1 is 0.675 bits per heavy atom. The maximum Gasteiger partial charge on any atom is 0.328 e. The van der Waals surface area contributed by atoms with Crippen molar-refractivity contribution in [2.45, 2.75) is 49.9 Å². The second-order valence-corrected chi connectivity index (χ2v) is 8.98. The van der Waals surface area contributed by atoms with Crippen molar-refractivity contribution in [3.63, 3.8) is 0 Å². The Labute approximate surface area is 228 Å². The van der Waals surface area contributed by atoms with Crippen molar-refractivity contribution < 1.29 is 49.5 Å². The summed E-state index contributed by atoms with van der Waals surface area (Å²) in [5.41, 5.74) is 7.06. The van der Waals surface area contributed by atoms with Crippen LogP contribution in [0.25, 0.3) is 0 Å². The van der Waals surface area contributed by atoms with Crippen LogP contribution in [-0.4, -0.2) is 86.0 Å². The van der Waals surface area contributed by atoms with Gasteiger partial charge in [-0.1, -0.05) is 24.3 Å². The van der Waals surface area contributed by atoms with E-state index < -0.39 is 66.9 Å². The Balaban J connectivity index is 2.22. The lowest BCUT2D eigenvalue weighted by molar-refractivity contribution is -0.143. The fourth-order valence-corrected chi connectivity index (χ4v) is 3.60. The number of nitrogens with one attached hydrogen (secondary N) is 3. The number of phenolic OH excluding ortho intramolecular Hbond substituents is 2. The van der Waals surface area contributed by atoms with Gasteiger partial charge in [0.15, 0.2) is 0 Å². The van der Waals surface area contributed by atoms with Crippen LogP contribution in [-0.2, 0) is 36.8 Å². The van der Waals surface area contributed by atoms with Crippen LogP contribution in [0.4, 0.5) is 0 Å². The molecular formula is C26H32N4O10. The molecule has 0 saturated carbocycles. The average Bonchev–Trinajstić information content (AvgIpc) is 2.90. The third-order valence-electron chi connectivity index (χ3n) is 5.81. The number of hydrogen-bond donors (Lipinski definition) is 9. The molecule has 40 heavy (non-hydrogen) atoms. The van der Waals surface area contributed by atoms with Crippen LogP contribution in [0.1, 0.15) is 24.0 Å². The van der Waals surface area contributed by atoms with E-state index in [0.717, 1.165) is 0 Å². The Kier molecular flexibility index (Phi) is 11.9. The van der Waals surface area contributed by atoms with E-state index in [2.05, 4.69) is 16.0 Å². The monoisotopic (exact) mass is 560 g/mol. The first-order chi connectivity index (χ1) is 18.9. The number of aliphatic hydroxyl groups excluding tert-OH is 1. The minimum atomic E-state index is -1.66. The van der Waals surface area contributed by atoms with E-state index >= 15 is 0 Å². The molecule has 14 nitrogen and oxygen atoms in total. The molecule has 0 aliphatic rings. The van der Waals surface area contributed by atoms with E-state index in [-0.39, 0.29) is 30.8 Å². The van der Waals surface area contributed by atoms with Gasteiger partial charge in [-0.3, -0.25) is 19.2 Å². The minimum Gasteiger partial charge on any atom is -0.508 e. The van der Waals surface area contributed by atoms with Gasteiger partial charge in [0, 0.05) is 12.8 Å². The number of amides is 3. The van der Waals surface area contributed by atoms with E-state index in [1.807, 2.05) is 0 Å². The van der Waals surface area contributed by atoms with Crippen LogP contribution in [0, 0.1) is 0 Å². The van der Waals surface area contributed by atoms with Gasteiger partial charge in [0.1, 0.15) is 29.6 Å². The standard InChI is InChI=1S/C26H32N4O10/c27-18(11-14-1-5-16(32)6-2-14)23(36)28-19(9-10-22(34)35)24(37)29-20(12-15-3-7-17(33)8-4-15)25(38)30-21(13-31)26(39)40/h1-8,18-21,31-33H,9-13,27H2,(H,28,36)(H,29,37)(H,30,38)(H,34,35)(H,39,40)/t18-,19-,20-,21-/m0/s1. The average molecular weight is 561 g/mol. The van der Waals surface area contributed by atoms with E-state index in [9.17, 15) is 39.3 Å². The third-order valence-corrected chi connectivity index (χ3v) is 5.81. The topological polar surface area (TPSA) is 249 Å². The van der Waals surface area contributed by atoms with Crippen molar-refractivity contribution in [2.24, 2.45) is 5.73 Å². The first-order valence-electron chi connectivity index (χ1n) is 12.2. The zero-order chi connectivity index (χ0) is 29.8. The first-order valence-corrected chi connectivity index (χ1v) is 12.2. The van der Waals surface area contributed by atoms with Crippen LogP contribution in [0.5, 0.6) is 11.5 Å². The quantitative estimate of drug-likeness (QED) is 0.123. The molecule has 0 saturated heterocycles. The molecular weight excluding hydrogens is 528 g/mol. The molecule has 10 N–H and O–H groups in total. The first kappa shape index (κ1) is 31.5. The second-order valence-electron chi connectivity index (χ2n) is 8.98. The van der Waals surface area contributed by atoms with Gasteiger partial charge in [0.05, 0.1) is 12.6 Å². The van der Waals surface area contributed by atoms with Gasteiger partial charge in [-0.25, -0.2) is 4.79 Å². The Hall–Kier alpha value is -4.69. The van der Waals surface area contributed by atoms with Gasteiger partial charge in [0.25, 0.3) is 0 Å². The molecule has 0 bridgehead atoms. The van der Waals surface area contributed by atoms with Gasteiger partial charge >= 0.3 is 11.9 Å².